The lowest BCUT2D eigenvalue weighted by molar-refractivity contribution is -0.0938. The van der Waals surface area contributed by atoms with Crippen molar-refractivity contribution >= 4 is 0 Å². The molecular formula is C24H48O5. The van der Waals surface area contributed by atoms with Crippen LogP contribution < -0.4 is 0 Å². The third-order valence-electron chi connectivity index (χ3n) is 6.04. The largest absolute Gasteiger partial charge is 0.394 e. The Kier molecular flexibility index (Phi) is 17.2. The fraction of sp³-hybridized carbons (Fsp3) is 1.00. The van der Waals surface area contributed by atoms with E-state index in [1.165, 1.54) is 89.9 Å². The van der Waals surface area contributed by atoms with Gasteiger partial charge in [0.15, 0.2) is 0 Å². The van der Waals surface area contributed by atoms with E-state index >= 15 is 0 Å². The Morgan fingerprint density at radius 3 is 1.69 bits per heavy atom. The van der Waals surface area contributed by atoms with Gasteiger partial charge in [-0.3, -0.25) is 0 Å². The molecule has 5 nitrogen and oxygen atoms in total. The minimum absolute atomic E-state index is 0.158. The molecule has 1 aliphatic rings. The lowest BCUT2D eigenvalue weighted by Gasteiger charge is -2.23. The predicted molar refractivity (Wildman–Crippen MR) is 118 cm³/mol. The molecule has 1 fully saturated rings. The summed E-state index contributed by atoms with van der Waals surface area (Å²) in [6, 6.07) is 0. The van der Waals surface area contributed by atoms with Crippen LogP contribution in [0.4, 0.5) is 0 Å². The Morgan fingerprint density at radius 2 is 1.24 bits per heavy atom. The molecule has 0 aliphatic carbocycles. The van der Waals surface area contributed by atoms with Gasteiger partial charge >= 0.3 is 0 Å². The maximum Gasteiger partial charge on any atom is 0.114 e. The van der Waals surface area contributed by atoms with Crippen molar-refractivity contribution in [1.29, 1.82) is 0 Å². The molecule has 0 unspecified atom stereocenters. The maximum absolute atomic E-state index is 9.90. The molecule has 174 valence electrons. The van der Waals surface area contributed by atoms with Crippen molar-refractivity contribution in [1.82, 2.24) is 0 Å². The second-order valence-electron chi connectivity index (χ2n) is 8.75. The van der Waals surface area contributed by atoms with Crippen LogP contribution in [0, 0.1) is 0 Å². The quantitative estimate of drug-likeness (QED) is 0.250. The normalized spacial score (nSPS) is 23.0. The first-order valence-corrected chi connectivity index (χ1v) is 12.4. The molecule has 1 aliphatic heterocycles. The van der Waals surface area contributed by atoms with Gasteiger partial charge in [-0.2, -0.15) is 0 Å². The number of aliphatic hydroxyl groups is 3. The highest BCUT2D eigenvalue weighted by atomic mass is 16.6. The summed E-state index contributed by atoms with van der Waals surface area (Å²) in [5, 5.41) is 28.7. The van der Waals surface area contributed by atoms with Gasteiger partial charge in [0.25, 0.3) is 0 Å². The molecule has 0 bridgehead atoms. The summed E-state index contributed by atoms with van der Waals surface area (Å²) in [6.45, 7) is 2.62. The fourth-order valence-corrected chi connectivity index (χ4v) is 4.13. The maximum atomic E-state index is 9.90. The molecule has 1 saturated heterocycles. The van der Waals surface area contributed by atoms with Gasteiger partial charge in [-0.15, -0.1) is 0 Å². The molecule has 0 aromatic carbocycles. The highest BCUT2D eigenvalue weighted by Crippen LogP contribution is 2.21. The van der Waals surface area contributed by atoms with Gasteiger partial charge in [0, 0.05) is 6.61 Å². The van der Waals surface area contributed by atoms with Crippen LogP contribution in [0.5, 0.6) is 0 Å². The van der Waals surface area contributed by atoms with Gasteiger partial charge in [0.05, 0.1) is 13.2 Å². The molecule has 3 N–H and O–H groups in total. The number of unbranched alkanes of at least 4 members (excludes halogenated alkanes) is 15. The summed E-state index contributed by atoms with van der Waals surface area (Å²) in [5.74, 6) is 0. The molecule has 0 aromatic heterocycles. The molecule has 0 aromatic rings. The summed E-state index contributed by atoms with van der Waals surface area (Å²) in [7, 11) is 0. The monoisotopic (exact) mass is 416 g/mol. The number of hydrogen-bond donors (Lipinski definition) is 3. The number of hydrogen-bond acceptors (Lipinski definition) is 5. The Balaban J connectivity index is 1.82. The molecule has 0 amide bonds. The van der Waals surface area contributed by atoms with Crippen molar-refractivity contribution in [2.45, 2.75) is 134 Å². The molecule has 1 heterocycles. The first-order chi connectivity index (χ1) is 14.2. The van der Waals surface area contributed by atoms with Gasteiger partial charge < -0.3 is 24.8 Å². The van der Waals surface area contributed by atoms with E-state index in [0.717, 1.165) is 12.8 Å². The Morgan fingerprint density at radius 1 is 0.793 bits per heavy atom. The topological polar surface area (TPSA) is 79.2 Å². The summed E-state index contributed by atoms with van der Waals surface area (Å²) < 4.78 is 11.1. The minimum atomic E-state index is -0.997. The SMILES string of the molecule is CCCCCCCCCCCCCCCCCCO[C@@H]1[C@H]([C@H](O)CO)OC[C@@H]1O. The van der Waals surface area contributed by atoms with Crippen LogP contribution in [-0.4, -0.2) is 59.6 Å². The van der Waals surface area contributed by atoms with Gasteiger partial charge in [-0.05, 0) is 6.42 Å². The average molecular weight is 417 g/mol. The Bertz CT molecular complexity index is 352. The molecule has 1 rings (SSSR count). The summed E-state index contributed by atoms with van der Waals surface area (Å²) in [4.78, 5) is 0. The molecule has 0 saturated carbocycles. The van der Waals surface area contributed by atoms with E-state index in [1.807, 2.05) is 0 Å². The van der Waals surface area contributed by atoms with Crippen molar-refractivity contribution in [3.63, 3.8) is 0 Å². The van der Waals surface area contributed by atoms with E-state index < -0.39 is 24.4 Å². The predicted octanol–water partition coefficient (Wildman–Crippen LogP) is 4.75. The standard InChI is InChI=1S/C24H48O5/c1-2-3-4-5-6-7-8-9-10-11-12-13-14-15-16-17-18-28-24-22(27)20-29-23(24)21(26)19-25/h21-27H,2-20H2,1H3/t21-,22+,23+,24+/m1/s1. The first kappa shape index (κ1) is 26.8. The van der Waals surface area contributed by atoms with Crippen molar-refractivity contribution in [2.24, 2.45) is 0 Å². The van der Waals surface area contributed by atoms with Crippen molar-refractivity contribution in [3.05, 3.63) is 0 Å². The lowest BCUT2D eigenvalue weighted by Crippen LogP contribution is -2.42. The molecule has 5 heteroatoms. The van der Waals surface area contributed by atoms with Crippen molar-refractivity contribution in [3.8, 4) is 0 Å². The minimum Gasteiger partial charge on any atom is -0.394 e. The molecule has 29 heavy (non-hydrogen) atoms. The van der Waals surface area contributed by atoms with Crippen LogP contribution in [0.3, 0.4) is 0 Å². The molecular weight excluding hydrogens is 368 g/mol. The van der Waals surface area contributed by atoms with Crippen molar-refractivity contribution in [2.75, 3.05) is 19.8 Å². The summed E-state index contributed by atoms with van der Waals surface area (Å²) >= 11 is 0. The summed E-state index contributed by atoms with van der Waals surface area (Å²) in [6.07, 6.45) is 18.5. The highest BCUT2D eigenvalue weighted by Gasteiger charge is 2.40. The van der Waals surface area contributed by atoms with Crippen LogP contribution in [0.15, 0.2) is 0 Å². The molecule has 0 radical (unpaired) electrons. The number of aliphatic hydroxyl groups excluding tert-OH is 3. The van der Waals surface area contributed by atoms with Crippen LogP contribution >= 0.6 is 0 Å². The third kappa shape index (κ3) is 13.0. The Labute approximate surface area is 179 Å². The molecule has 0 spiro atoms. The van der Waals surface area contributed by atoms with Gasteiger partial charge in [-0.25, -0.2) is 0 Å². The second-order valence-corrected chi connectivity index (χ2v) is 8.75. The smallest absolute Gasteiger partial charge is 0.114 e. The van der Waals surface area contributed by atoms with E-state index in [0.29, 0.717) is 6.61 Å². The number of ether oxygens (including phenoxy) is 2. The zero-order valence-electron chi connectivity index (χ0n) is 18.9. The average Bonchev–Trinajstić information content (AvgIpc) is 3.10. The third-order valence-corrected chi connectivity index (χ3v) is 6.04. The van der Waals surface area contributed by atoms with Crippen LogP contribution in [0.2, 0.25) is 0 Å². The second kappa shape index (κ2) is 18.6. The zero-order valence-corrected chi connectivity index (χ0v) is 18.9. The molecule has 4 atom stereocenters. The Hall–Kier alpha value is -0.200. The first-order valence-electron chi connectivity index (χ1n) is 12.4. The van der Waals surface area contributed by atoms with E-state index in [1.54, 1.807) is 0 Å². The number of rotatable bonds is 20. The van der Waals surface area contributed by atoms with Gasteiger partial charge in [0.2, 0.25) is 0 Å². The van der Waals surface area contributed by atoms with Crippen LogP contribution in [0.1, 0.15) is 110 Å². The van der Waals surface area contributed by atoms with E-state index in [2.05, 4.69) is 6.92 Å². The van der Waals surface area contributed by atoms with Crippen LogP contribution in [-0.2, 0) is 9.47 Å². The van der Waals surface area contributed by atoms with Crippen LogP contribution in [0.25, 0.3) is 0 Å². The zero-order chi connectivity index (χ0) is 21.2. The van der Waals surface area contributed by atoms with Gasteiger partial charge in [-0.1, -0.05) is 103 Å². The highest BCUT2D eigenvalue weighted by molar-refractivity contribution is 4.89. The van der Waals surface area contributed by atoms with E-state index in [-0.39, 0.29) is 13.2 Å². The van der Waals surface area contributed by atoms with E-state index in [4.69, 9.17) is 14.6 Å². The summed E-state index contributed by atoms with van der Waals surface area (Å²) in [5.41, 5.74) is 0. The fourth-order valence-electron chi connectivity index (χ4n) is 4.13. The lowest BCUT2D eigenvalue weighted by atomic mass is 10.0. The van der Waals surface area contributed by atoms with Crippen molar-refractivity contribution < 1.29 is 24.8 Å². The van der Waals surface area contributed by atoms with Gasteiger partial charge in [0.1, 0.15) is 24.4 Å². The van der Waals surface area contributed by atoms with E-state index in [9.17, 15) is 10.2 Å².